The van der Waals surface area contributed by atoms with Gasteiger partial charge in [0.15, 0.2) is 0 Å². The quantitative estimate of drug-likeness (QED) is 0.371. The van der Waals surface area contributed by atoms with E-state index in [2.05, 4.69) is 10.3 Å². The number of para-hydroxylation sites is 1. The molecule has 0 saturated heterocycles. The number of esters is 1. The van der Waals surface area contributed by atoms with Gasteiger partial charge in [-0.25, -0.2) is 4.79 Å². The summed E-state index contributed by atoms with van der Waals surface area (Å²) in [6, 6.07) is 12.6. The number of carbonyl (C=O) groups excluding carboxylic acids is 2. The Morgan fingerprint density at radius 2 is 1.89 bits per heavy atom. The number of amides is 1. The lowest BCUT2D eigenvalue weighted by Crippen LogP contribution is -2.43. The molecule has 1 aromatic heterocycles. The number of nitrogens with one attached hydrogen (secondary N) is 2. The average Bonchev–Trinajstić information content (AvgIpc) is 3.10. The van der Waals surface area contributed by atoms with Crippen molar-refractivity contribution in [3.05, 3.63) is 76.0 Å². The SMILES string of the molecule is COC(=O)[C@@H](Cc1c[nH]c2ccccc12)NC(=O)Cc1ccc([N+](=O)[O-])cc1. The Labute approximate surface area is 160 Å². The second-order valence-corrected chi connectivity index (χ2v) is 6.31. The van der Waals surface area contributed by atoms with Gasteiger partial charge in [-0.15, -0.1) is 0 Å². The summed E-state index contributed by atoms with van der Waals surface area (Å²) in [7, 11) is 1.27. The second kappa shape index (κ2) is 8.34. The lowest BCUT2D eigenvalue weighted by Gasteiger charge is -2.16. The van der Waals surface area contributed by atoms with Crippen molar-refractivity contribution in [2.75, 3.05) is 7.11 Å². The van der Waals surface area contributed by atoms with Crippen molar-refractivity contribution in [2.24, 2.45) is 0 Å². The molecule has 0 saturated carbocycles. The minimum absolute atomic E-state index is 0.000622. The zero-order valence-electron chi connectivity index (χ0n) is 15.2. The van der Waals surface area contributed by atoms with E-state index < -0.39 is 16.9 Å². The molecule has 8 nitrogen and oxygen atoms in total. The molecule has 3 aromatic rings. The Morgan fingerprint density at radius 1 is 1.18 bits per heavy atom. The molecule has 144 valence electrons. The first kappa shape index (κ1) is 19.1. The number of benzene rings is 2. The third kappa shape index (κ3) is 4.35. The van der Waals surface area contributed by atoms with Crippen LogP contribution in [0, 0.1) is 10.1 Å². The highest BCUT2D eigenvalue weighted by molar-refractivity contribution is 5.88. The summed E-state index contributed by atoms with van der Waals surface area (Å²) < 4.78 is 4.83. The van der Waals surface area contributed by atoms with Crippen molar-refractivity contribution in [3.8, 4) is 0 Å². The number of H-pyrrole nitrogens is 1. The Morgan fingerprint density at radius 3 is 2.57 bits per heavy atom. The van der Waals surface area contributed by atoms with Crippen LogP contribution >= 0.6 is 0 Å². The molecule has 8 heteroatoms. The number of methoxy groups -OCH3 is 1. The van der Waals surface area contributed by atoms with E-state index in [1.165, 1.54) is 31.4 Å². The van der Waals surface area contributed by atoms with Crippen molar-refractivity contribution < 1.29 is 19.2 Å². The number of nitrogens with zero attached hydrogens (tertiary/aromatic N) is 1. The van der Waals surface area contributed by atoms with E-state index in [-0.39, 0.29) is 24.4 Å². The molecule has 1 heterocycles. The smallest absolute Gasteiger partial charge is 0.328 e. The van der Waals surface area contributed by atoms with Crippen LogP contribution in [-0.4, -0.2) is 34.9 Å². The second-order valence-electron chi connectivity index (χ2n) is 6.31. The highest BCUT2D eigenvalue weighted by Gasteiger charge is 2.23. The molecular formula is C20H19N3O5. The maximum absolute atomic E-state index is 12.4. The van der Waals surface area contributed by atoms with Crippen LogP contribution in [0.15, 0.2) is 54.7 Å². The lowest BCUT2D eigenvalue weighted by atomic mass is 10.0. The van der Waals surface area contributed by atoms with Crippen molar-refractivity contribution in [1.82, 2.24) is 10.3 Å². The van der Waals surface area contributed by atoms with Crippen molar-refractivity contribution in [1.29, 1.82) is 0 Å². The highest BCUT2D eigenvalue weighted by atomic mass is 16.6. The summed E-state index contributed by atoms with van der Waals surface area (Å²) in [5.41, 5.74) is 2.40. The Bertz CT molecular complexity index is 1010. The van der Waals surface area contributed by atoms with Crippen LogP contribution in [0.5, 0.6) is 0 Å². The molecule has 0 aliphatic rings. The van der Waals surface area contributed by atoms with Gasteiger partial charge in [-0.3, -0.25) is 14.9 Å². The zero-order valence-corrected chi connectivity index (χ0v) is 15.2. The first-order chi connectivity index (χ1) is 13.5. The van der Waals surface area contributed by atoms with Crippen LogP contribution in [0.4, 0.5) is 5.69 Å². The number of carbonyl (C=O) groups is 2. The number of hydrogen-bond acceptors (Lipinski definition) is 5. The van der Waals surface area contributed by atoms with Gasteiger partial charge in [0, 0.05) is 35.7 Å². The van der Waals surface area contributed by atoms with E-state index in [9.17, 15) is 19.7 Å². The van der Waals surface area contributed by atoms with Crippen molar-refractivity contribution in [3.63, 3.8) is 0 Å². The number of hydrogen-bond donors (Lipinski definition) is 2. The van der Waals surface area contributed by atoms with Crippen molar-refractivity contribution >= 4 is 28.5 Å². The minimum Gasteiger partial charge on any atom is -0.467 e. The van der Waals surface area contributed by atoms with E-state index in [0.29, 0.717) is 5.56 Å². The molecule has 2 aromatic carbocycles. The van der Waals surface area contributed by atoms with Crippen LogP contribution < -0.4 is 5.32 Å². The fourth-order valence-corrected chi connectivity index (χ4v) is 3.02. The van der Waals surface area contributed by atoms with Crippen LogP contribution in [0.1, 0.15) is 11.1 Å². The Balaban J connectivity index is 1.70. The Kier molecular flexibility index (Phi) is 5.69. The minimum atomic E-state index is -0.838. The first-order valence-corrected chi connectivity index (χ1v) is 8.63. The molecule has 1 amide bonds. The monoisotopic (exact) mass is 381 g/mol. The number of aromatic nitrogens is 1. The van der Waals surface area contributed by atoms with Crippen LogP contribution in [0.2, 0.25) is 0 Å². The van der Waals surface area contributed by atoms with Gasteiger partial charge < -0.3 is 15.0 Å². The largest absolute Gasteiger partial charge is 0.467 e. The standard InChI is InChI=1S/C20H19N3O5/c1-28-20(25)18(11-14-12-21-17-5-3-2-4-16(14)17)22-19(24)10-13-6-8-15(9-7-13)23(26)27/h2-9,12,18,21H,10-11H2,1H3,(H,22,24)/t18-/m1/s1. The van der Waals surface area contributed by atoms with E-state index in [1.807, 2.05) is 30.5 Å². The number of ether oxygens (including phenoxy) is 1. The molecule has 0 aliphatic carbocycles. The summed E-state index contributed by atoms with van der Waals surface area (Å²) in [4.78, 5) is 37.9. The predicted octanol–water partition coefficient (Wildman–Crippen LogP) is 2.52. The fraction of sp³-hybridized carbons (Fsp3) is 0.200. The van der Waals surface area contributed by atoms with Gasteiger partial charge in [0.1, 0.15) is 6.04 Å². The number of non-ortho nitro benzene ring substituents is 1. The summed E-state index contributed by atoms with van der Waals surface area (Å²) in [6.45, 7) is 0. The van der Waals surface area contributed by atoms with Gasteiger partial charge in [0.2, 0.25) is 5.91 Å². The molecule has 0 aliphatic heterocycles. The van der Waals surface area contributed by atoms with Crippen LogP contribution in [-0.2, 0) is 27.2 Å². The number of aromatic amines is 1. The van der Waals surface area contributed by atoms with Crippen molar-refractivity contribution in [2.45, 2.75) is 18.9 Å². The van der Waals surface area contributed by atoms with Crippen LogP contribution in [0.3, 0.4) is 0 Å². The average molecular weight is 381 g/mol. The molecule has 0 unspecified atom stereocenters. The third-order valence-corrected chi connectivity index (χ3v) is 4.43. The lowest BCUT2D eigenvalue weighted by molar-refractivity contribution is -0.384. The normalized spacial score (nSPS) is 11.8. The van der Waals surface area contributed by atoms with E-state index >= 15 is 0 Å². The summed E-state index contributed by atoms with van der Waals surface area (Å²) in [5, 5.41) is 14.4. The molecule has 0 spiro atoms. The van der Waals surface area contributed by atoms with E-state index in [4.69, 9.17) is 4.74 Å². The summed E-state index contributed by atoms with van der Waals surface area (Å²) in [6.07, 6.45) is 2.09. The maximum Gasteiger partial charge on any atom is 0.328 e. The number of nitro groups is 1. The van der Waals surface area contributed by atoms with Gasteiger partial charge >= 0.3 is 5.97 Å². The van der Waals surface area contributed by atoms with Gasteiger partial charge in [0.25, 0.3) is 5.69 Å². The zero-order chi connectivity index (χ0) is 20.1. The number of nitro benzene ring substituents is 1. The molecule has 0 fully saturated rings. The number of rotatable bonds is 7. The van der Waals surface area contributed by atoms with Gasteiger partial charge in [-0.2, -0.15) is 0 Å². The van der Waals surface area contributed by atoms with E-state index in [0.717, 1.165) is 16.5 Å². The van der Waals surface area contributed by atoms with Gasteiger partial charge in [0.05, 0.1) is 18.5 Å². The van der Waals surface area contributed by atoms with E-state index in [1.54, 1.807) is 0 Å². The van der Waals surface area contributed by atoms with Gasteiger partial charge in [-0.1, -0.05) is 30.3 Å². The summed E-state index contributed by atoms with van der Waals surface area (Å²) in [5.74, 6) is -0.911. The molecule has 0 radical (unpaired) electrons. The number of fused-ring (bicyclic) bond motifs is 1. The molecule has 28 heavy (non-hydrogen) atoms. The molecule has 2 N–H and O–H groups in total. The topological polar surface area (TPSA) is 114 Å². The molecular weight excluding hydrogens is 362 g/mol. The third-order valence-electron chi connectivity index (χ3n) is 4.43. The molecule has 3 rings (SSSR count). The first-order valence-electron chi connectivity index (χ1n) is 8.63. The predicted molar refractivity (Wildman–Crippen MR) is 103 cm³/mol. The van der Waals surface area contributed by atoms with Crippen LogP contribution in [0.25, 0.3) is 10.9 Å². The molecule has 0 bridgehead atoms. The molecule has 1 atom stereocenters. The fourth-order valence-electron chi connectivity index (χ4n) is 3.02. The Hall–Kier alpha value is -3.68. The van der Waals surface area contributed by atoms with Gasteiger partial charge in [-0.05, 0) is 17.2 Å². The highest BCUT2D eigenvalue weighted by Crippen LogP contribution is 2.19. The maximum atomic E-state index is 12.4. The summed E-state index contributed by atoms with van der Waals surface area (Å²) >= 11 is 0.